The van der Waals surface area contributed by atoms with E-state index in [2.05, 4.69) is 10.6 Å². The third kappa shape index (κ3) is 14.1. The SMILES string of the molecule is CCCC[C@H](NC(=O)[C@H](Cc1cccc2ccccc12)NC(=O)OCc1ccccc1)C(=O)N(CC(C)C)[C@@H](CC(C)C)[C@@H](O)C[C@H](C[C@H](C)O)C(N)=O. The number of alkyl carbamates (subject to hydrolysis) is 1. The van der Waals surface area contributed by atoms with Gasteiger partial charge in [-0.15, -0.1) is 0 Å². The van der Waals surface area contributed by atoms with Crippen molar-refractivity contribution in [2.45, 2.75) is 123 Å². The number of hydrogen-bond donors (Lipinski definition) is 5. The van der Waals surface area contributed by atoms with E-state index in [4.69, 9.17) is 10.5 Å². The van der Waals surface area contributed by atoms with Gasteiger partial charge in [0.15, 0.2) is 0 Å². The fourth-order valence-electron chi connectivity index (χ4n) is 6.89. The van der Waals surface area contributed by atoms with Gasteiger partial charge in [0, 0.05) is 18.9 Å². The van der Waals surface area contributed by atoms with Gasteiger partial charge in [0.25, 0.3) is 0 Å². The van der Waals surface area contributed by atoms with Crippen LogP contribution in [0, 0.1) is 17.8 Å². The molecule has 296 valence electrons. The van der Waals surface area contributed by atoms with E-state index in [1.165, 1.54) is 0 Å². The highest BCUT2D eigenvalue weighted by atomic mass is 16.5. The van der Waals surface area contributed by atoms with Crippen molar-refractivity contribution < 1.29 is 34.1 Å². The smallest absolute Gasteiger partial charge is 0.408 e. The lowest BCUT2D eigenvalue weighted by Crippen LogP contribution is -2.58. The Hall–Kier alpha value is -4.48. The van der Waals surface area contributed by atoms with Crippen LogP contribution < -0.4 is 16.4 Å². The first-order valence-corrected chi connectivity index (χ1v) is 19.4. The molecule has 0 spiro atoms. The second-order valence-corrected chi connectivity index (χ2v) is 15.4. The molecule has 0 saturated heterocycles. The predicted octanol–water partition coefficient (Wildman–Crippen LogP) is 5.88. The van der Waals surface area contributed by atoms with Crippen LogP contribution >= 0.6 is 0 Å². The molecule has 4 amide bonds. The van der Waals surface area contributed by atoms with Crippen molar-refractivity contribution in [1.82, 2.24) is 15.5 Å². The molecule has 6 atom stereocenters. The van der Waals surface area contributed by atoms with Crippen LogP contribution in [0.3, 0.4) is 0 Å². The van der Waals surface area contributed by atoms with Crippen LogP contribution in [0.4, 0.5) is 4.79 Å². The Labute approximate surface area is 321 Å². The lowest BCUT2D eigenvalue weighted by atomic mass is 9.87. The summed E-state index contributed by atoms with van der Waals surface area (Å²) >= 11 is 0. The first kappa shape index (κ1) is 43.9. The number of nitrogens with two attached hydrogens (primary N) is 1. The third-order valence-corrected chi connectivity index (χ3v) is 9.54. The van der Waals surface area contributed by atoms with E-state index in [0.717, 1.165) is 28.3 Å². The number of rotatable bonds is 22. The Bertz CT molecular complexity index is 1630. The molecule has 3 rings (SSSR count). The Morgan fingerprint density at radius 3 is 2.09 bits per heavy atom. The van der Waals surface area contributed by atoms with Crippen molar-refractivity contribution >= 4 is 34.6 Å². The second-order valence-electron chi connectivity index (χ2n) is 15.4. The molecule has 0 aromatic heterocycles. The first-order valence-electron chi connectivity index (χ1n) is 19.4. The number of aliphatic hydroxyl groups is 2. The van der Waals surface area contributed by atoms with Gasteiger partial charge in [-0.05, 0) is 66.3 Å². The zero-order valence-corrected chi connectivity index (χ0v) is 32.9. The molecule has 3 aromatic carbocycles. The predicted molar refractivity (Wildman–Crippen MR) is 212 cm³/mol. The third-order valence-electron chi connectivity index (χ3n) is 9.54. The maximum Gasteiger partial charge on any atom is 0.408 e. The minimum atomic E-state index is -1.12. The molecule has 3 aromatic rings. The quantitative estimate of drug-likeness (QED) is 0.0856. The molecule has 0 saturated carbocycles. The maximum absolute atomic E-state index is 14.7. The molecule has 6 N–H and O–H groups in total. The summed E-state index contributed by atoms with van der Waals surface area (Å²) < 4.78 is 5.52. The summed E-state index contributed by atoms with van der Waals surface area (Å²) in [5.41, 5.74) is 7.32. The average Bonchev–Trinajstić information content (AvgIpc) is 3.13. The number of ether oxygens (including phenoxy) is 1. The normalized spacial score (nSPS) is 14.9. The van der Waals surface area contributed by atoms with E-state index in [-0.39, 0.29) is 43.6 Å². The molecular formula is C43H62N4O7. The fourth-order valence-corrected chi connectivity index (χ4v) is 6.89. The Balaban J connectivity index is 1.96. The summed E-state index contributed by atoms with van der Waals surface area (Å²) in [7, 11) is 0. The van der Waals surface area contributed by atoms with Crippen LogP contribution in [-0.2, 0) is 32.1 Å². The number of aliphatic hydroxyl groups excluding tert-OH is 2. The molecule has 11 nitrogen and oxygen atoms in total. The van der Waals surface area contributed by atoms with Crippen molar-refractivity contribution in [3.63, 3.8) is 0 Å². The molecule has 0 unspecified atom stereocenters. The number of primary amides is 1. The number of nitrogens with one attached hydrogen (secondary N) is 2. The van der Waals surface area contributed by atoms with Crippen molar-refractivity contribution in [3.8, 4) is 0 Å². The zero-order chi connectivity index (χ0) is 39.8. The van der Waals surface area contributed by atoms with Gasteiger partial charge in [0.1, 0.15) is 18.7 Å². The Kier molecular flexibility index (Phi) is 17.9. The second kappa shape index (κ2) is 22.0. The minimum absolute atomic E-state index is 0.0166. The van der Waals surface area contributed by atoms with Crippen LogP contribution in [0.25, 0.3) is 10.8 Å². The van der Waals surface area contributed by atoms with Crippen LogP contribution in [0.5, 0.6) is 0 Å². The van der Waals surface area contributed by atoms with Gasteiger partial charge in [-0.25, -0.2) is 4.79 Å². The summed E-state index contributed by atoms with van der Waals surface area (Å²) in [5.74, 6) is -2.20. The summed E-state index contributed by atoms with van der Waals surface area (Å²) in [6.07, 6.45) is -0.282. The van der Waals surface area contributed by atoms with Crippen molar-refractivity contribution in [2.75, 3.05) is 6.54 Å². The maximum atomic E-state index is 14.7. The highest BCUT2D eigenvalue weighted by molar-refractivity contribution is 5.93. The summed E-state index contributed by atoms with van der Waals surface area (Å²) in [5, 5.41) is 29.4. The Morgan fingerprint density at radius 1 is 0.796 bits per heavy atom. The number of fused-ring (bicyclic) bond motifs is 1. The van der Waals surface area contributed by atoms with Gasteiger partial charge in [-0.3, -0.25) is 14.4 Å². The van der Waals surface area contributed by atoms with E-state index >= 15 is 0 Å². The van der Waals surface area contributed by atoms with Crippen LogP contribution in [-0.4, -0.2) is 75.8 Å². The molecule has 11 heteroatoms. The number of benzene rings is 3. The van der Waals surface area contributed by atoms with Gasteiger partial charge in [0.05, 0.1) is 18.2 Å². The molecule has 0 bridgehead atoms. The monoisotopic (exact) mass is 746 g/mol. The van der Waals surface area contributed by atoms with E-state index in [1.54, 1.807) is 11.8 Å². The zero-order valence-electron chi connectivity index (χ0n) is 32.9. The van der Waals surface area contributed by atoms with Crippen molar-refractivity contribution in [2.24, 2.45) is 23.5 Å². The number of carbonyl (C=O) groups is 4. The molecule has 0 aliphatic carbocycles. The van der Waals surface area contributed by atoms with Crippen LogP contribution in [0.15, 0.2) is 72.8 Å². The van der Waals surface area contributed by atoms with Gasteiger partial charge in [-0.2, -0.15) is 0 Å². The number of nitrogens with zero attached hydrogens (tertiary/aromatic N) is 1. The van der Waals surface area contributed by atoms with Gasteiger partial charge in [-0.1, -0.05) is 120 Å². The van der Waals surface area contributed by atoms with Crippen LogP contribution in [0.2, 0.25) is 0 Å². The first-order chi connectivity index (χ1) is 25.7. The number of carbonyl (C=O) groups excluding carboxylic acids is 4. The molecule has 0 fully saturated rings. The lowest BCUT2D eigenvalue weighted by molar-refractivity contribution is -0.143. The summed E-state index contributed by atoms with van der Waals surface area (Å²) in [6, 6.07) is 20.1. The molecule has 0 aliphatic rings. The number of hydrogen-bond acceptors (Lipinski definition) is 7. The molecule has 0 heterocycles. The highest BCUT2D eigenvalue weighted by Crippen LogP contribution is 2.26. The standard InChI is InChI=1S/C43H62N4O7/c1-7-8-21-36(42(52)47(26-29(4)5)38(22-28(2)3)39(49)25-34(40(44)50)23-30(6)48)45-41(51)37(46-43(53)54-27-31-15-10-9-11-16-31)24-33-19-14-18-32-17-12-13-20-35(32)33/h9-20,28-30,34,36-39,48-49H,7-8,21-27H2,1-6H3,(H2,44,50)(H,45,51)(H,46,53)/t30-,34-,36-,37-,38-,39-/m0/s1. The van der Waals surface area contributed by atoms with E-state index in [9.17, 15) is 29.4 Å². The van der Waals surface area contributed by atoms with Gasteiger partial charge >= 0.3 is 6.09 Å². The summed E-state index contributed by atoms with van der Waals surface area (Å²) in [4.78, 5) is 56.3. The van der Waals surface area contributed by atoms with Crippen LogP contribution in [0.1, 0.15) is 91.2 Å². The fraction of sp³-hybridized carbons (Fsp3) is 0.535. The minimum Gasteiger partial charge on any atom is -0.445 e. The van der Waals surface area contributed by atoms with E-state index < -0.39 is 54.2 Å². The van der Waals surface area contributed by atoms with Gasteiger partial charge in [0.2, 0.25) is 17.7 Å². The van der Waals surface area contributed by atoms with E-state index in [1.807, 2.05) is 107 Å². The Morgan fingerprint density at radius 2 is 1.46 bits per heavy atom. The topological polar surface area (TPSA) is 171 Å². The summed E-state index contributed by atoms with van der Waals surface area (Å²) in [6.45, 7) is 11.8. The van der Waals surface area contributed by atoms with Crippen molar-refractivity contribution in [3.05, 3.63) is 83.9 Å². The molecular weight excluding hydrogens is 684 g/mol. The van der Waals surface area contributed by atoms with Crippen molar-refractivity contribution in [1.29, 1.82) is 0 Å². The number of amides is 4. The van der Waals surface area contributed by atoms with Gasteiger partial charge < -0.3 is 36.2 Å². The highest BCUT2D eigenvalue weighted by Gasteiger charge is 2.37. The molecule has 0 aliphatic heterocycles. The van der Waals surface area contributed by atoms with E-state index in [0.29, 0.717) is 25.8 Å². The number of unbranched alkanes of at least 4 members (excludes halogenated alkanes) is 1. The largest absolute Gasteiger partial charge is 0.445 e. The molecule has 0 radical (unpaired) electrons. The lowest BCUT2D eigenvalue weighted by Gasteiger charge is -2.40. The molecule has 54 heavy (non-hydrogen) atoms. The average molecular weight is 747 g/mol.